The fourth-order valence-corrected chi connectivity index (χ4v) is 0.998. The van der Waals surface area contributed by atoms with Crippen molar-refractivity contribution >= 4 is 50.9 Å². The summed E-state index contributed by atoms with van der Waals surface area (Å²) in [5, 5.41) is 2.75. The monoisotopic (exact) mass is 247 g/mol. The number of hydrogen-bond acceptors (Lipinski definition) is 3. The summed E-state index contributed by atoms with van der Waals surface area (Å²) >= 11 is 12.6. The first kappa shape index (κ1) is 8.83. The Bertz CT molecular complexity index is 260. The summed E-state index contributed by atoms with van der Waals surface area (Å²) in [6, 6.07) is 3.66. The number of halogens is 1. The Kier molecular flexibility index (Phi) is 3.16. The van der Waals surface area contributed by atoms with Crippen LogP contribution in [0, 0.1) is 0 Å². The van der Waals surface area contributed by atoms with Crippen LogP contribution >= 0.6 is 28.1 Å². The van der Waals surface area contributed by atoms with E-state index in [1.165, 1.54) is 0 Å². The molecule has 58 valence electrons. The van der Waals surface area contributed by atoms with Crippen LogP contribution in [-0.4, -0.2) is 9.30 Å². The molecule has 0 aromatic carbocycles. The number of pyridine rings is 1. The maximum Gasteiger partial charge on any atom is 0.129 e. The first-order valence-electron chi connectivity index (χ1n) is 2.78. The molecule has 1 heterocycles. The van der Waals surface area contributed by atoms with Crippen molar-refractivity contribution in [3.05, 3.63) is 22.8 Å². The van der Waals surface area contributed by atoms with Gasteiger partial charge in [-0.25, -0.2) is 4.98 Å². The van der Waals surface area contributed by atoms with E-state index in [1.807, 2.05) is 6.07 Å². The Morgan fingerprint density at radius 1 is 1.64 bits per heavy atom. The van der Waals surface area contributed by atoms with Crippen LogP contribution in [0.1, 0.15) is 0 Å². The lowest BCUT2D eigenvalue weighted by Crippen LogP contribution is -2.05. The Labute approximate surface area is 83.9 Å². The fourth-order valence-electron chi connectivity index (χ4n) is 0.554. The Morgan fingerprint density at radius 3 is 2.82 bits per heavy atom. The maximum absolute atomic E-state index is 4.66. The molecule has 0 saturated carbocycles. The van der Waals surface area contributed by atoms with Gasteiger partial charge in [-0.3, -0.25) is 0 Å². The summed E-state index contributed by atoms with van der Waals surface area (Å²) in [6.07, 6.45) is 1.68. The van der Waals surface area contributed by atoms with E-state index in [9.17, 15) is 0 Å². The predicted molar refractivity (Wildman–Crippen MR) is 55.5 cm³/mol. The summed E-state index contributed by atoms with van der Waals surface area (Å²) in [5.41, 5.74) is 0. The van der Waals surface area contributed by atoms with Gasteiger partial charge in [-0.2, -0.15) is 0 Å². The van der Waals surface area contributed by atoms with Gasteiger partial charge in [0.2, 0.25) is 0 Å². The molecule has 0 bridgehead atoms. The highest BCUT2D eigenvalue weighted by atomic mass is 79.9. The molecule has 1 rings (SSSR count). The summed E-state index contributed by atoms with van der Waals surface area (Å²) in [4.78, 5) is 4.01. The molecule has 0 radical (unpaired) electrons. The van der Waals surface area contributed by atoms with E-state index in [-0.39, 0.29) is 0 Å². The number of rotatable bonds is 1. The molecule has 0 amide bonds. The number of aromatic nitrogens is 1. The number of thiocarbonyl (C=S) groups is 1. The molecule has 1 N–H and O–H groups in total. The summed E-state index contributed by atoms with van der Waals surface area (Å²) < 4.78 is 1.23. The molecule has 1 aromatic heterocycles. The topological polar surface area (TPSA) is 24.9 Å². The Balaban J connectivity index is 2.74. The Morgan fingerprint density at radius 2 is 2.36 bits per heavy atom. The Hall–Kier alpha value is -0.260. The van der Waals surface area contributed by atoms with Gasteiger partial charge in [0.25, 0.3) is 0 Å². The minimum Gasteiger partial charge on any atom is -0.411 e. The van der Waals surface area contributed by atoms with Gasteiger partial charge in [0.15, 0.2) is 0 Å². The zero-order valence-electron chi connectivity index (χ0n) is 5.37. The molecule has 0 aliphatic rings. The molecular formula is C6H4BrN2S2-. The minimum atomic E-state index is 0.305. The van der Waals surface area contributed by atoms with Crippen LogP contribution < -0.4 is 5.32 Å². The van der Waals surface area contributed by atoms with Crippen molar-refractivity contribution in [1.29, 1.82) is 0 Å². The molecule has 1 aromatic rings. The lowest BCUT2D eigenvalue weighted by molar-refractivity contribution is 1.31. The molecule has 0 saturated heterocycles. The highest BCUT2D eigenvalue weighted by Gasteiger charge is 1.89. The average molecular weight is 248 g/mol. The van der Waals surface area contributed by atoms with E-state index < -0.39 is 0 Å². The molecule has 5 heteroatoms. The number of nitrogens with zero attached hydrogens (tertiary/aromatic N) is 1. The third-order valence-electron chi connectivity index (χ3n) is 0.958. The summed E-state index contributed by atoms with van der Waals surface area (Å²) in [6.45, 7) is 0. The largest absolute Gasteiger partial charge is 0.411 e. The van der Waals surface area contributed by atoms with E-state index in [1.54, 1.807) is 12.3 Å². The minimum absolute atomic E-state index is 0.305. The molecule has 0 aliphatic heterocycles. The number of hydrogen-bond donors (Lipinski definition) is 1. The average Bonchev–Trinajstić information content (AvgIpc) is 1.93. The molecule has 2 nitrogen and oxygen atoms in total. The van der Waals surface area contributed by atoms with Crippen molar-refractivity contribution in [2.45, 2.75) is 0 Å². The van der Waals surface area contributed by atoms with E-state index in [0.717, 1.165) is 4.47 Å². The first-order valence-corrected chi connectivity index (χ1v) is 4.39. The van der Waals surface area contributed by atoms with Crippen LogP contribution in [0.4, 0.5) is 5.82 Å². The van der Waals surface area contributed by atoms with Gasteiger partial charge in [0, 0.05) is 10.7 Å². The molecule has 0 spiro atoms. The van der Waals surface area contributed by atoms with Gasteiger partial charge < -0.3 is 30.2 Å². The van der Waals surface area contributed by atoms with Crippen molar-refractivity contribution in [2.75, 3.05) is 5.32 Å². The molecular weight excluding hydrogens is 244 g/mol. The quantitative estimate of drug-likeness (QED) is 0.607. The van der Waals surface area contributed by atoms with Gasteiger partial charge in [0.05, 0.1) is 0 Å². The van der Waals surface area contributed by atoms with Crippen molar-refractivity contribution in [1.82, 2.24) is 4.98 Å². The van der Waals surface area contributed by atoms with Gasteiger partial charge in [-0.15, -0.1) is 0 Å². The SMILES string of the molecule is S=C([S-])Nc1ccc(Br)cn1. The molecule has 0 fully saturated rings. The van der Waals surface area contributed by atoms with Crippen molar-refractivity contribution in [3.63, 3.8) is 0 Å². The lowest BCUT2D eigenvalue weighted by Gasteiger charge is -2.07. The van der Waals surface area contributed by atoms with Crippen LogP contribution in [0.5, 0.6) is 0 Å². The van der Waals surface area contributed by atoms with Gasteiger partial charge in [0.1, 0.15) is 5.82 Å². The maximum atomic E-state index is 4.66. The summed E-state index contributed by atoms with van der Waals surface area (Å²) in [7, 11) is 0. The smallest absolute Gasteiger partial charge is 0.129 e. The van der Waals surface area contributed by atoms with Gasteiger partial charge >= 0.3 is 0 Å². The first-order chi connectivity index (χ1) is 5.18. The van der Waals surface area contributed by atoms with Crippen LogP contribution in [0.15, 0.2) is 22.8 Å². The van der Waals surface area contributed by atoms with E-state index in [4.69, 9.17) is 0 Å². The second-order valence-corrected chi connectivity index (χ2v) is 3.76. The molecule has 0 atom stereocenters. The molecule has 11 heavy (non-hydrogen) atoms. The fraction of sp³-hybridized carbons (Fsp3) is 0. The molecule has 0 aliphatic carbocycles. The van der Waals surface area contributed by atoms with Crippen LogP contribution in [0.3, 0.4) is 0 Å². The molecule has 0 unspecified atom stereocenters. The van der Waals surface area contributed by atoms with Gasteiger partial charge in [-0.05, 0) is 28.1 Å². The van der Waals surface area contributed by atoms with Gasteiger partial charge in [-0.1, -0.05) is 4.32 Å². The third-order valence-corrected chi connectivity index (χ3v) is 1.63. The normalized spacial score (nSPS) is 9.18. The van der Waals surface area contributed by atoms with Crippen molar-refractivity contribution in [2.24, 2.45) is 0 Å². The highest BCUT2D eigenvalue weighted by Crippen LogP contribution is 2.09. The number of nitrogens with one attached hydrogen (secondary N) is 1. The zero-order chi connectivity index (χ0) is 8.27. The lowest BCUT2D eigenvalue weighted by atomic mass is 10.5. The van der Waals surface area contributed by atoms with E-state index in [0.29, 0.717) is 10.1 Å². The third kappa shape index (κ3) is 3.09. The van der Waals surface area contributed by atoms with Crippen LogP contribution in [-0.2, 0) is 12.6 Å². The zero-order valence-corrected chi connectivity index (χ0v) is 8.59. The second kappa shape index (κ2) is 3.94. The van der Waals surface area contributed by atoms with Crippen LogP contribution in [0.25, 0.3) is 0 Å². The van der Waals surface area contributed by atoms with Crippen LogP contribution in [0.2, 0.25) is 0 Å². The summed E-state index contributed by atoms with van der Waals surface area (Å²) in [5.74, 6) is 0.674. The number of anilines is 1. The van der Waals surface area contributed by atoms with Crippen molar-refractivity contribution < 1.29 is 0 Å². The van der Waals surface area contributed by atoms with Crippen molar-refractivity contribution in [3.8, 4) is 0 Å². The predicted octanol–water partition coefficient (Wildman–Crippen LogP) is 2.09. The standard InChI is InChI=1S/C6H5BrN2S2/c7-4-1-2-5(8-3-4)9-6(10)11/h1-3H,(H2,8,9,10,11)/p-1. The van der Waals surface area contributed by atoms with E-state index in [2.05, 4.69) is 51.1 Å². The van der Waals surface area contributed by atoms with E-state index >= 15 is 0 Å². The second-order valence-electron chi connectivity index (χ2n) is 1.77. The highest BCUT2D eigenvalue weighted by molar-refractivity contribution is 9.10.